The molecule has 1 saturated heterocycles. The van der Waals surface area contributed by atoms with Gasteiger partial charge in [0.15, 0.2) is 16.7 Å². The third kappa shape index (κ3) is 3.82. The Morgan fingerprint density at radius 2 is 1.83 bits per heavy atom. The minimum Gasteiger partial charge on any atom is -0.454 e. The van der Waals surface area contributed by atoms with Crippen molar-refractivity contribution in [2.45, 2.75) is 19.5 Å². The first-order chi connectivity index (χ1) is 14.7. The number of amides is 1. The van der Waals surface area contributed by atoms with Gasteiger partial charge in [-0.1, -0.05) is 29.8 Å². The van der Waals surface area contributed by atoms with E-state index in [0.29, 0.717) is 24.9 Å². The number of rotatable bonds is 5. The summed E-state index contributed by atoms with van der Waals surface area (Å²) in [5.74, 6) is 1.78. The number of para-hydroxylation sites is 1. The average Bonchev–Trinajstić information content (AvgIpc) is 3.37. The van der Waals surface area contributed by atoms with E-state index >= 15 is 0 Å². The van der Waals surface area contributed by atoms with Gasteiger partial charge in [-0.3, -0.25) is 14.4 Å². The number of ether oxygens (including phenoxy) is 2. The van der Waals surface area contributed by atoms with Crippen molar-refractivity contribution in [1.82, 2.24) is 19.6 Å². The highest BCUT2D eigenvalue weighted by molar-refractivity contribution is 6.34. The molecule has 5 rings (SSSR count). The van der Waals surface area contributed by atoms with E-state index in [-0.39, 0.29) is 5.91 Å². The third-order valence-corrected chi connectivity index (χ3v) is 6.00. The fourth-order valence-corrected chi connectivity index (χ4v) is 4.32. The second kappa shape index (κ2) is 8.16. The standard InChI is InChI=1S/C22H23ClN4O3/c23-22-17-3-1-2-4-18(17)27(24-22)8-7-21(28)26-11-9-25(10-12-26)14-16-5-6-19-20(13-16)30-15-29-19/h1-6,13H,7-12,14-15H2. The largest absolute Gasteiger partial charge is 0.454 e. The van der Waals surface area contributed by atoms with Crippen molar-refractivity contribution < 1.29 is 14.3 Å². The minimum atomic E-state index is 0.161. The summed E-state index contributed by atoms with van der Waals surface area (Å²) in [6, 6.07) is 13.9. The van der Waals surface area contributed by atoms with Gasteiger partial charge in [-0.05, 0) is 29.8 Å². The van der Waals surface area contributed by atoms with Gasteiger partial charge in [-0.2, -0.15) is 5.10 Å². The van der Waals surface area contributed by atoms with E-state index < -0.39 is 0 Å². The van der Waals surface area contributed by atoms with E-state index in [0.717, 1.165) is 55.1 Å². The number of carbonyl (C=O) groups is 1. The Morgan fingerprint density at radius 3 is 2.70 bits per heavy atom. The molecule has 0 radical (unpaired) electrons. The lowest BCUT2D eigenvalue weighted by Crippen LogP contribution is -2.48. The molecule has 156 valence electrons. The third-order valence-electron chi connectivity index (χ3n) is 5.72. The number of hydrogen-bond acceptors (Lipinski definition) is 5. The highest BCUT2D eigenvalue weighted by Gasteiger charge is 2.22. The van der Waals surface area contributed by atoms with E-state index in [1.807, 2.05) is 46.0 Å². The monoisotopic (exact) mass is 426 g/mol. The first-order valence-corrected chi connectivity index (χ1v) is 10.5. The van der Waals surface area contributed by atoms with Crippen molar-refractivity contribution in [3.63, 3.8) is 0 Å². The normalized spacial score (nSPS) is 16.4. The van der Waals surface area contributed by atoms with Crippen LogP contribution in [0.4, 0.5) is 0 Å². The molecule has 2 aliphatic rings. The van der Waals surface area contributed by atoms with Crippen LogP contribution in [0.1, 0.15) is 12.0 Å². The van der Waals surface area contributed by atoms with Crippen molar-refractivity contribution in [2.24, 2.45) is 0 Å². The summed E-state index contributed by atoms with van der Waals surface area (Å²) in [6.45, 7) is 4.86. The van der Waals surface area contributed by atoms with Gasteiger partial charge >= 0.3 is 0 Å². The van der Waals surface area contributed by atoms with Gasteiger partial charge in [0.05, 0.1) is 12.1 Å². The van der Waals surface area contributed by atoms with Crippen molar-refractivity contribution >= 4 is 28.4 Å². The molecule has 3 heterocycles. The van der Waals surface area contributed by atoms with E-state index in [1.54, 1.807) is 0 Å². The van der Waals surface area contributed by atoms with Gasteiger partial charge in [-0.15, -0.1) is 0 Å². The SMILES string of the molecule is O=C(CCn1nc(Cl)c2ccccc21)N1CCN(Cc2ccc3c(c2)OCO3)CC1. The summed E-state index contributed by atoms with van der Waals surface area (Å²) in [5.41, 5.74) is 2.16. The number of aromatic nitrogens is 2. The number of hydrogen-bond donors (Lipinski definition) is 0. The number of carbonyl (C=O) groups excluding carboxylic acids is 1. The predicted molar refractivity (Wildman–Crippen MR) is 114 cm³/mol. The molecule has 0 N–H and O–H groups in total. The summed E-state index contributed by atoms with van der Waals surface area (Å²) < 4.78 is 12.7. The van der Waals surface area contributed by atoms with Crippen LogP contribution in [-0.4, -0.2) is 58.5 Å². The molecular formula is C22H23ClN4O3. The topological polar surface area (TPSA) is 59.8 Å². The van der Waals surface area contributed by atoms with Crippen LogP contribution < -0.4 is 9.47 Å². The molecule has 8 heteroatoms. The van der Waals surface area contributed by atoms with Crippen molar-refractivity contribution in [1.29, 1.82) is 0 Å². The summed E-state index contributed by atoms with van der Waals surface area (Å²) in [6.07, 6.45) is 0.421. The zero-order valence-electron chi connectivity index (χ0n) is 16.6. The first kappa shape index (κ1) is 19.2. The maximum absolute atomic E-state index is 12.7. The molecule has 0 unspecified atom stereocenters. The lowest BCUT2D eigenvalue weighted by atomic mass is 10.1. The van der Waals surface area contributed by atoms with Crippen molar-refractivity contribution in [2.75, 3.05) is 33.0 Å². The molecule has 2 aromatic carbocycles. The van der Waals surface area contributed by atoms with Gasteiger partial charge in [0.1, 0.15) is 0 Å². The molecule has 0 saturated carbocycles. The highest BCUT2D eigenvalue weighted by atomic mass is 35.5. The maximum Gasteiger partial charge on any atom is 0.231 e. The Morgan fingerprint density at radius 1 is 1.03 bits per heavy atom. The Labute approximate surface area is 179 Å². The Balaban J connectivity index is 1.13. The molecule has 0 aliphatic carbocycles. The molecule has 2 aliphatic heterocycles. The van der Waals surface area contributed by atoms with Gasteiger partial charge in [0, 0.05) is 44.5 Å². The molecule has 1 fully saturated rings. The molecule has 3 aromatic rings. The van der Waals surface area contributed by atoms with Crippen LogP contribution in [0.15, 0.2) is 42.5 Å². The number of piperazine rings is 1. The fourth-order valence-electron chi connectivity index (χ4n) is 4.07. The number of nitrogens with zero attached hydrogens (tertiary/aromatic N) is 4. The predicted octanol–water partition coefficient (Wildman–Crippen LogP) is 3.15. The average molecular weight is 427 g/mol. The zero-order valence-corrected chi connectivity index (χ0v) is 17.3. The molecular weight excluding hydrogens is 404 g/mol. The second-order valence-corrected chi connectivity index (χ2v) is 7.98. The van der Waals surface area contributed by atoms with Crippen molar-refractivity contribution in [3.8, 4) is 11.5 Å². The van der Waals surface area contributed by atoms with Crippen LogP contribution in [0.25, 0.3) is 10.9 Å². The van der Waals surface area contributed by atoms with E-state index in [2.05, 4.69) is 16.1 Å². The van der Waals surface area contributed by atoms with Crippen LogP contribution in [0.2, 0.25) is 5.15 Å². The molecule has 0 atom stereocenters. The van der Waals surface area contributed by atoms with Crippen LogP contribution >= 0.6 is 11.6 Å². The van der Waals surface area contributed by atoms with Crippen LogP contribution in [0, 0.1) is 0 Å². The summed E-state index contributed by atoms with van der Waals surface area (Å²) in [4.78, 5) is 17.0. The number of fused-ring (bicyclic) bond motifs is 2. The second-order valence-electron chi connectivity index (χ2n) is 7.63. The number of halogens is 1. The smallest absolute Gasteiger partial charge is 0.231 e. The molecule has 1 aromatic heterocycles. The minimum absolute atomic E-state index is 0.161. The van der Waals surface area contributed by atoms with Gasteiger partial charge < -0.3 is 14.4 Å². The summed E-state index contributed by atoms with van der Waals surface area (Å²) >= 11 is 6.21. The fraction of sp³-hybridized carbons (Fsp3) is 0.364. The lowest BCUT2D eigenvalue weighted by Gasteiger charge is -2.34. The molecule has 30 heavy (non-hydrogen) atoms. The Bertz CT molecular complexity index is 1080. The van der Waals surface area contributed by atoms with Gasteiger partial charge in [0.2, 0.25) is 12.7 Å². The number of benzene rings is 2. The first-order valence-electron chi connectivity index (χ1n) is 10.2. The summed E-state index contributed by atoms with van der Waals surface area (Å²) in [7, 11) is 0. The molecule has 1 amide bonds. The highest BCUT2D eigenvalue weighted by Crippen LogP contribution is 2.32. The van der Waals surface area contributed by atoms with Crippen LogP contribution in [0.5, 0.6) is 11.5 Å². The van der Waals surface area contributed by atoms with Gasteiger partial charge in [0.25, 0.3) is 0 Å². The lowest BCUT2D eigenvalue weighted by molar-refractivity contribution is -0.133. The van der Waals surface area contributed by atoms with E-state index in [4.69, 9.17) is 21.1 Å². The molecule has 7 nitrogen and oxygen atoms in total. The Hall–Kier alpha value is -2.77. The van der Waals surface area contributed by atoms with E-state index in [1.165, 1.54) is 5.56 Å². The van der Waals surface area contributed by atoms with Crippen LogP contribution in [0.3, 0.4) is 0 Å². The molecule has 0 bridgehead atoms. The van der Waals surface area contributed by atoms with Crippen LogP contribution in [-0.2, 0) is 17.9 Å². The maximum atomic E-state index is 12.7. The Kier molecular flexibility index (Phi) is 5.23. The number of aryl methyl sites for hydroxylation is 1. The summed E-state index contributed by atoms with van der Waals surface area (Å²) in [5, 5.41) is 5.78. The van der Waals surface area contributed by atoms with Crippen molar-refractivity contribution in [3.05, 3.63) is 53.2 Å². The van der Waals surface area contributed by atoms with Gasteiger partial charge in [-0.25, -0.2) is 0 Å². The van der Waals surface area contributed by atoms with E-state index in [9.17, 15) is 4.79 Å². The quantitative estimate of drug-likeness (QED) is 0.627. The molecule has 0 spiro atoms. The zero-order chi connectivity index (χ0) is 20.5.